The van der Waals surface area contributed by atoms with Crippen molar-refractivity contribution in [2.24, 2.45) is 0 Å². The summed E-state index contributed by atoms with van der Waals surface area (Å²) >= 11 is 6.09. The van der Waals surface area contributed by atoms with Crippen molar-refractivity contribution in [3.63, 3.8) is 0 Å². The van der Waals surface area contributed by atoms with Gasteiger partial charge in [0.15, 0.2) is 0 Å². The molecule has 1 aromatic rings. The lowest BCUT2D eigenvalue weighted by molar-refractivity contribution is -0.131. The van der Waals surface area contributed by atoms with E-state index in [0.29, 0.717) is 10.6 Å². The average Bonchev–Trinajstić information content (AvgIpc) is 2.36. The molecule has 0 aromatic heterocycles. The number of amides is 1. The topological polar surface area (TPSA) is 60.9 Å². The second kappa shape index (κ2) is 6.96. The average molecular weight is 297 g/mol. The molecule has 0 saturated carbocycles. The molecular formula is C14H17ClN2O3. The van der Waals surface area contributed by atoms with Crippen LogP contribution in [0, 0.1) is 0 Å². The minimum atomic E-state index is -1.03. The molecule has 0 unspecified atom stereocenters. The monoisotopic (exact) mass is 296 g/mol. The maximum atomic E-state index is 11.6. The molecular weight excluding hydrogens is 280 g/mol. The Bertz CT molecular complexity index is 541. The van der Waals surface area contributed by atoms with Crippen LogP contribution in [0.1, 0.15) is 5.56 Å². The van der Waals surface area contributed by atoms with Gasteiger partial charge in [0.25, 0.3) is 0 Å². The van der Waals surface area contributed by atoms with Gasteiger partial charge in [-0.15, -0.1) is 0 Å². The summed E-state index contributed by atoms with van der Waals surface area (Å²) in [6.45, 7) is 0.244. The van der Waals surface area contributed by atoms with E-state index in [2.05, 4.69) is 0 Å². The fourth-order valence-corrected chi connectivity index (χ4v) is 1.72. The van der Waals surface area contributed by atoms with Gasteiger partial charge in [0.2, 0.25) is 5.91 Å². The number of halogens is 1. The van der Waals surface area contributed by atoms with Crippen LogP contribution < -0.4 is 4.90 Å². The lowest BCUT2D eigenvalue weighted by atomic mass is 10.2. The van der Waals surface area contributed by atoms with Gasteiger partial charge in [-0.2, -0.15) is 0 Å². The number of nitrogens with zero attached hydrogens (tertiary/aromatic N) is 2. The van der Waals surface area contributed by atoms with E-state index in [1.54, 1.807) is 44.2 Å². The van der Waals surface area contributed by atoms with Crippen LogP contribution in [0.15, 0.2) is 24.3 Å². The molecule has 0 atom stereocenters. The Kier molecular flexibility index (Phi) is 5.58. The van der Waals surface area contributed by atoms with Gasteiger partial charge in [-0.25, -0.2) is 4.79 Å². The zero-order valence-electron chi connectivity index (χ0n) is 11.6. The molecule has 0 spiro atoms. The Morgan fingerprint density at radius 1 is 1.30 bits per heavy atom. The third-order valence-corrected chi connectivity index (χ3v) is 3.03. The highest BCUT2D eigenvalue weighted by Crippen LogP contribution is 2.24. The Morgan fingerprint density at radius 2 is 1.95 bits per heavy atom. The van der Waals surface area contributed by atoms with Crippen LogP contribution in [0.2, 0.25) is 5.02 Å². The van der Waals surface area contributed by atoms with Gasteiger partial charge in [-0.1, -0.05) is 17.7 Å². The number of likely N-dealkylation sites (N-methyl/N-ethyl adjacent to an activating group) is 2. The fourth-order valence-electron chi connectivity index (χ4n) is 1.49. The minimum absolute atomic E-state index is 0.0153. The molecule has 6 heteroatoms. The van der Waals surface area contributed by atoms with Crippen molar-refractivity contribution in [2.75, 3.05) is 32.6 Å². The van der Waals surface area contributed by atoms with E-state index in [9.17, 15) is 9.59 Å². The summed E-state index contributed by atoms with van der Waals surface area (Å²) in [7, 11) is 5.19. The largest absolute Gasteiger partial charge is 0.478 e. The van der Waals surface area contributed by atoms with Crippen LogP contribution in [0.25, 0.3) is 6.08 Å². The van der Waals surface area contributed by atoms with Gasteiger partial charge in [0.1, 0.15) is 0 Å². The quantitative estimate of drug-likeness (QED) is 0.844. The Labute approximate surface area is 123 Å². The van der Waals surface area contributed by atoms with Crippen LogP contribution in [0.4, 0.5) is 5.69 Å². The van der Waals surface area contributed by atoms with Gasteiger partial charge in [0.05, 0.1) is 6.54 Å². The van der Waals surface area contributed by atoms with Gasteiger partial charge in [-0.05, 0) is 23.8 Å². The molecule has 108 valence electrons. The van der Waals surface area contributed by atoms with Crippen LogP contribution in [0.3, 0.4) is 0 Å². The van der Waals surface area contributed by atoms with E-state index in [4.69, 9.17) is 16.7 Å². The van der Waals surface area contributed by atoms with Crippen molar-refractivity contribution >= 4 is 35.2 Å². The lowest BCUT2D eigenvalue weighted by Crippen LogP contribution is -2.34. The summed E-state index contributed by atoms with van der Waals surface area (Å²) in [5, 5.41) is 9.01. The first-order chi connectivity index (χ1) is 9.31. The van der Waals surface area contributed by atoms with Gasteiger partial charge < -0.3 is 14.9 Å². The fraction of sp³-hybridized carbons (Fsp3) is 0.286. The summed E-state index contributed by atoms with van der Waals surface area (Å²) in [5.74, 6) is -1.04. The third-order valence-electron chi connectivity index (χ3n) is 2.70. The number of carbonyl (C=O) groups excluding carboxylic acids is 1. The van der Waals surface area contributed by atoms with Gasteiger partial charge in [0, 0.05) is 37.9 Å². The summed E-state index contributed by atoms with van der Waals surface area (Å²) in [6, 6.07) is 5.20. The van der Waals surface area contributed by atoms with Gasteiger partial charge >= 0.3 is 5.97 Å². The maximum absolute atomic E-state index is 11.6. The standard InChI is InChI=1S/C14H17ClN2O3/c1-16(2)13(18)9-17(3)11-6-4-10(12(15)8-11)5-7-14(19)20/h4-8H,9H2,1-3H3,(H,19,20)/b7-5+. The predicted octanol–water partition coefficient (Wildman–Crippen LogP) is 1.96. The van der Waals surface area contributed by atoms with E-state index in [-0.39, 0.29) is 12.5 Å². The highest BCUT2D eigenvalue weighted by molar-refractivity contribution is 6.32. The molecule has 20 heavy (non-hydrogen) atoms. The van der Waals surface area contributed by atoms with Crippen LogP contribution in [-0.2, 0) is 9.59 Å². The third kappa shape index (κ3) is 4.59. The van der Waals surface area contributed by atoms with Gasteiger partial charge in [-0.3, -0.25) is 4.79 Å². The van der Waals surface area contributed by atoms with Crippen molar-refractivity contribution in [1.82, 2.24) is 4.90 Å². The first-order valence-electron chi connectivity index (χ1n) is 5.93. The number of hydrogen-bond acceptors (Lipinski definition) is 3. The normalized spacial score (nSPS) is 10.6. The van der Waals surface area contributed by atoms with Crippen molar-refractivity contribution < 1.29 is 14.7 Å². The zero-order chi connectivity index (χ0) is 15.3. The number of aliphatic carboxylic acids is 1. The molecule has 0 aliphatic heterocycles. The van der Waals surface area contributed by atoms with E-state index in [1.165, 1.54) is 11.0 Å². The maximum Gasteiger partial charge on any atom is 0.328 e. The second-order valence-corrected chi connectivity index (χ2v) is 4.93. The summed E-state index contributed by atoms with van der Waals surface area (Å²) in [4.78, 5) is 25.4. The van der Waals surface area contributed by atoms with E-state index >= 15 is 0 Å². The number of carboxylic acid groups (broad SMARTS) is 1. The number of benzene rings is 1. The summed E-state index contributed by atoms with van der Waals surface area (Å²) < 4.78 is 0. The zero-order valence-corrected chi connectivity index (χ0v) is 12.4. The Morgan fingerprint density at radius 3 is 2.45 bits per heavy atom. The van der Waals surface area contributed by atoms with Crippen molar-refractivity contribution in [3.8, 4) is 0 Å². The van der Waals surface area contributed by atoms with Crippen molar-refractivity contribution in [3.05, 3.63) is 34.9 Å². The van der Waals surface area contributed by atoms with Crippen LogP contribution in [0.5, 0.6) is 0 Å². The first-order valence-corrected chi connectivity index (χ1v) is 6.31. The van der Waals surface area contributed by atoms with Crippen LogP contribution in [-0.4, -0.2) is 49.6 Å². The molecule has 1 rings (SSSR count). The summed E-state index contributed by atoms with van der Waals surface area (Å²) in [6.07, 6.45) is 2.46. The minimum Gasteiger partial charge on any atom is -0.478 e. The highest BCUT2D eigenvalue weighted by Gasteiger charge is 2.10. The highest BCUT2D eigenvalue weighted by atomic mass is 35.5. The molecule has 5 nitrogen and oxygen atoms in total. The Balaban J connectivity index is 2.86. The molecule has 0 aliphatic carbocycles. The van der Waals surface area contributed by atoms with E-state index < -0.39 is 5.97 Å². The lowest BCUT2D eigenvalue weighted by Gasteiger charge is -2.21. The second-order valence-electron chi connectivity index (χ2n) is 4.52. The molecule has 0 heterocycles. The predicted molar refractivity (Wildman–Crippen MR) is 80.1 cm³/mol. The Hall–Kier alpha value is -2.01. The molecule has 0 aliphatic rings. The smallest absolute Gasteiger partial charge is 0.328 e. The molecule has 1 N–H and O–H groups in total. The first kappa shape index (κ1) is 16.0. The molecule has 1 aromatic carbocycles. The number of carbonyl (C=O) groups is 2. The number of carboxylic acids is 1. The van der Waals surface area contributed by atoms with E-state index in [0.717, 1.165) is 11.8 Å². The van der Waals surface area contributed by atoms with E-state index in [1.807, 2.05) is 0 Å². The number of anilines is 1. The molecule has 1 amide bonds. The number of rotatable bonds is 5. The van der Waals surface area contributed by atoms with Crippen LogP contribution >= 0.6 is 11.6 Å². The molecule has 0 fully saturated rings. The molecule has 0 saturated heterocycles. The SMILES string of the molecule is CN(C)C(=O)CN(C)c1ccc(/C=C/C(=O)O)c(Cl)c1. The molecule has 0 bridgehead atoms. The number of hydrogen-bond donors (Lipinski definition) is 1. The summed E-state index contributed by atoms with van der Waals surface area (Å²) in [5.41, 5.74) is 1.41. The van der Waals surface area contributed by atoms with Crippen molar-refractivity contribution in [2.45, 2.75) is 0 Å². The molecule has 0 radical (unpaired) electrons. The van der Waals surface area contributed by atoms with Crippen molar-refractivity contribution in [1.29, 1.82) is 0 Å².